The van der Waals surface area contributed by atoms with Crippen molar-refractivity contribution >= 4 is 29.0 Å². The number of nitrogens with one attached hydrogen (secondary N) is 1. The van der Waals surface area contributed by atoms with Crippen LogP contribution in [0.3, 0.4) is 0 Å². The number of carbonyl (C=O) groups excluding carboxylic acids is 1. The second-order valence-corrected chi connectivity index (χ2v) is 3.50. The lowest BCUT2D eigenvalue weighted by atomic mass is 10.2. The molecule has 1 heterocycles. The number of hydrogen-bond donors (Lipinski definition) is 2. The third-order valence-corrected chi connectivity index (χ3v) is 2.48. The third-order valence-electron chi connectivity index (χ3n) is 2.15. The molecule has 1 aromatic carbocycles. The molecule has 0 saturated carbocycles. The van der Waals surface area contributed by atoms with Gasteiger partial charge >= 0.3 is 6.03 Å². The number of nitrogen functional groups attached to an aromatic ring is 1. The van der Waals surface area contributed by atoms with Crippen molar-refractivity contribution in [2.45, 2.75) is 0 Å². The van der Waals surface area contributed by atoms with Crippen LogP contribution in [0.1, 0.15) is 0 Å². The fourth-order valence-corrected chi connectivity index (χ4v) is 1.58. The molecule has 0 bridgehead atoms. The van der Waals surface area contributed by atoms with Gasteiger partial charge in [-0.3, -0.25) is 4.90 Å². The van der Waals surface area contributed by atoms with Gasteiger partial charge in [0.05, 0.1) is 10.7 Å². The first kappa shape index (κ1) is 9.15. The number of nitrogens with zero attached hydrogens (tertiary/aromatic N) is 1. The molecule has 1 fully saturated rings. The number of nitrogens with two attached hydrogens (primary N) is 1. The second-order valence-electron chi connectivity index (χ2n) is 3.09. The van der Waals surface area contributed by atoms with Crippen LogP contribution in [0, 0.1) is 0 Å². The van der Waals surface area contributed by atoms with Crippen LogP contribution in [0.25, 0.3) is 0 Å². The van der Waals surface area contributed by atoms with Crippen LogP contribution in [-0.2, 0) is 0 Å². The molecular weight excluding hydrogens is 202 g/mol. The first-order valence-electron chi connectivity index (χ1n) is 4.29. The van der Waals surface area contributed by atoms with Crippen LogP contribution in [0.15, 0.2) is 18.2 Å². The van der Waals surface area contributed by atoms with Gasteiger partial charge in [0.15, 0.2) is 0 Å². The van der Waals surface area contributed by atoms with E-state index in [0.29, 0.717) is 23.8 Å². The van der Waals surface area contributed by atoms with Gasteiger partial charge in [-0.25, -0.2) is 4.79 Å². The van der Waals surface area contributed by atoms with Crippen molar-refractivity contribution in [3.63, 3.8) is 0 Å². The molecule has 3 N–H and O–H groups in total. The number of rotatable bonds is 1. The predicted molar refractivity (Wildman–Crippen MR) is 56.6 cm³/mol. The lowest BCUT2D eigenvalue weighted by molar-refractivity contribution is 0.252. The molecule has 0 radical (unpaired) electrons. The number of anilines is 2. The average molecular weight is 212 g/mol. The first-order valence-corrected chi connectivity index (χ1v) is 4.66. The van der Waals surface area contributed by atoms with Crippen LogP contribution < -0.4 is 16.0 Å². The number of halogens is 1. The normalized spacial score (nSPS) is 15.8. The Morgan fingerprint density at radius 2 is 2.29 bits per heavy atom. The Balaban J connectivity index is 2.32. The molecule has 5 heteroatoms. The lowest BCUT2D eigenvalue weighted by Gasteiger charge is -2.14. The zero-order valence-corrected chi connectivity index (χ0v) is 8.21. The van der Waals surface area contributed by atoms with Gasteiger partial charge in [0, 0.05) is 18.8 Å². The van der Waals surface area contributed by atoms with Crippen molar-refractivity contribution in [3.05, 3.63) is 23.2 Å². The molecule has 74 valence electrons. The van der Waals surface area contributed by atoms with Gasteiger partial charge in [-0.1, -0.05) is 11.6 Å². The summed E-state index contributed by atoms with van der Waals surface area (Å²) in [5.41, 5.74) is 6.87. The molecule has 0 unspecified atom stereocenters. The minimum absolute atomic E-state index is 0.0918. The maximum absolute atomic E-state index is 11.3. The highest BCUT2D eigenvalue weighted by atomic mass is 35.5. The Kier molecular flexibility index (Phi) is 2.21. The summed E-state index contributed by atoms with van der Waals surface area (Å²) in [6, 6.07) is 5.09. The maximum atomic E-state index is 11.3. The number of carbonyl (C=O) groups is 1. The van der Waals surface area contributed by atoms with Crippen molar-refractivity contribution in [2.24, 2.45) is 0 Å². The quantitative estimate of drug-likeness (QED) is 0.691. The van der Waals surface area contributed by atoms with E-state index in [1.807, 2.05) is 0 Å². The lowest BCUT2D eigenvalue weighted by Crippen LogP contribution is -2.27. The van der Waals surface area contributed by atoms with E-state index >= 15 is 0 Å². The monoisotopic (exact) mass is 211 g/mol. The Bertz CT molecular complexity index is 380. The van der Waals surface area contributed by atoms with Crippen LogP contribution >= 0.6 is 11.6 Å². The van der Waals surface area contributed by atoms with Crippen LogP contribution in [0.4, 0.5) is 16.2 Å². The summed E-state index contributed by atoms with van der Waals surface area (Å²) in [6.45, 7) is 1.33. The predicted octanol–water partition coefficient (Wildman–Crippen LogP) is 1.45. The number of urea groups is 1. The molecule has 0 aromatic heterocycles. The molecule has 1 aliphatic heterocycles. The van der Waals surface area contributed by atoms with E-state index in [1.165, 1.54) is 0 Å². The largest absolute Gasteiger partial charge is 0.398 e. The van der Waals surface area contributed by atoms with E-state index in [2.05, 4.69) is 5.32 Å². The minimum atomic E-state index is -0.0918. The molecule has 4 nitrogen and oxygen atoms in total. The van der Waals surface area contributed by atoms with E-state index in [1.54, 1.807) is 23.1 Å². The fourth-order valence-electron chi connectivity index (χ4n) is 1.40. The van der Waals surface area contributed by atoms with E-state index in [9.17, 15) is 4.79 Å². The third kappa shape index (κ3) is 1.48. The molecular formula is C9H10ClN3O. The van der Waals surface area contributed by atoms with Gasteiger partial charge in [-0.15, -0.1) is 0 Å². The summed E-state index contributed by atoms with van der Waals surface area (Å²) in [7, 11) is 0. The van der Waals surface area contributed by atoms with E-state index in [0.717, 1.165) is 5.69 Å². The highest BCUT2D eigenvalue weighted by molar-refractivity contribution is 6.33. The zero-order chi connectivity index (χ0) is 10.1. The summed E-state index contributed by atoms with van der Waals surface area (Å²) in [6.07, 6.45) is 0. The van der Waals surface area contributed by atoms with Crippen molar-refractivity contribution in [3.8, 4) is 0 Å². The summed E-state index contributed by atoms with van der Waals surface area (Å²) < 4.78 is 0. The minimum Gasteiger partial charge on any atom is -0.398 e. The van der Waals surface area contributed by atoms with Crippen molar-refractivity contribution in [2.75, 3.05) is 23.7 Å². The van der Waals surface area contributed by atoms with Crippen LogP contribution in [0.5, 0.6) is 0 Å². The summed E-state index contributed by atoms with van der Waals surface area (Å²) >= 11 is 5.86. The average Bonchev–Trinajstić information content (AvgIpc) is 2.57. The molecule has 1 aliphatic rings. The second kappa shape index (κ2) is 3.38. The molecule has 0 spiro atoms. The molecule has 0 atom stereocenters. The Labute approximate surface area is 86.6 Å². The Morgan fingerprint density at radius 1 is 1.50 bits per heavy atom. The van der Waals surface area contributed by atoms with Gasteiger partial charge < -0.3 is 11.1 Å². The standard InChI is InChI=1S/C9H10ClN3O/c10-7-5-6(1-2-8(7)11)13-4-3-12-9(13)14/h1-2,5H,3-4,11H2,(H,12,14). The molecule has 1 aromatic rings. The summed E-state index contributed by atoms with van der Waals surface area (Å²) in [4.78, 5) is 12.9. The number of hydrogen-bond acceptors (Lipinski definition) is 2. The Hall–Kier alpha value is -1.42. The van der Waals surface area contributed by atoms with E-state index in [4.69, 9.17) is 17.3 Å². The highest BCUT2D eigenvalue weighted by Crippen LogP contribution is 2.25. The highest BCUT2D eigenvalue weighted by Gasteiger charge is 2.21. The van der Waals surface area contributed by atoms with Crippen LogP contribution in [-0.4, -0.2) is 19.1 Å². The van der Waals surface area contributed by atoms with E-state index < -0.39 is 0 Å². The number of benzene rings is 1. The van der Waals surface area contributed by atoms with Crippen molar-refractivity contribution < 1.29 is 4.79 Å². The van der Waals surface area contributed by atoms with Gasteiger partial charge in [0.2, 0.25) is 0 Å². The summed E-state index contributed by atoms with van der Waals surface area (Å²) in [5, 5.41) is 3.19. The molecule has 2 amide bonds. The van der Waals surface area contributed by atoms with Gasteiger partial charge in [0.1, 0.15) is 0 Å². The zero-order valence-electron chi connectivity index (χ0n) is 7.46. The summed E-state index contributed by atoms with van der Waals surface area (Å²) in [5.74, 6) is 0. The fraction of sp³-hybridized carbons (Fsp3) is 0.222. The first-order chi connectivity index (χ1) is 6.68. The van der Waals surface area contributed by atoms with Gasteiger partial charge in [-0.2, -0.15) is 0 Å². The SMILES string of the molecule is Nc1ccc(N2CCNC2=O)cc1Cl. The smallest absolute Gasteiger partial charge is 0.321 e. The topological polar surface area (TPSA) is 58.4 Å². The molecule has 14 heavy (non-hydrogen) atoms. The van der Waals surface area contributed by atoms with Gasteiger partial charge in [-0.05, 0) is 18.2 Å². The molecule has 1 saturated heterocycles. The van der Waals surface area contributed by atoms with Crippen molar-refractivity contribution in [1.82, 2.24) is 5.32 Å². The van der Waals surface area contributed by atoms with Crippen LogP contribution in [0.2, 0.25) is 5.02 Å². The van der Waals surface area contributed by atoms with E-state index in [-0.39, 0.29) is 6.03 Å². The number of amides is 2. The molecule has 0 aliphatic carbocycles. The maximum Gasteiger partial charge on any atom is 0.321 e. The van der Waals surface area contributed by atoms with Gasteiger partial charge in [0.25, 0.3) is 0 Å². The Morgan fingerprint density at radius 3 is 2.86 bits per heavy atom. The molecule has 2 rings (SSSR count). The van der Waals surface area contributed by atoms with Crippen molar-refractivity contribution in [1.29, 1.82) is 0 Å².